The van der Waals surface area contributed by atoms with E-state index in [0.717, 1.165) is 12.1 Å². The molecule has 0 aliphatic carbocycles. The maximum absolute atomic E-state index is 12.7. The Morgan fingerprint density at radius 3 is 2.61 bits per heavy atom. The maximum Gasteiger partial charge on any atom is 0.416 e. The molecule has 0 fully saturated rings. The lowest BCUT2D eigenvalue weighted by molar-refractivity contribution is -0.137. The number of aromatic amines is 1. The number of hydrogen-bond donors (Lipinski definition) is 1. The molecule has 0 spiro atoms. The van der Waals surface area contributed by atoms with Gasteiger partial charge in [-0.25, -0.2) is 10.1 Å². The molecule has 1 aromatic carbocycles. The molecule has 0 bridgehead atoms. The van der Waals surface area contributed by atoms with Crippen LogP contribution in [0.25, 0.3) is 11.6 Å². The predicted molar refractivity (Wildman–Crippen MR) is 76.4 cm³/mol. The van der Waals surface area contributed by atoms with Crippen molar-refractivity contribution in [1.29, 1.82) is 0 Å². The quantitative estimate of drug-likeness (QED) is 0.706. The third kappa shape index (κ3) is 3.57. The van der Waals surface area contributed by atoms with E-state index in [1.54, 1.807) is 12.1 Å². The van der Waals surface area contributed by atoms with E-state index in [2.05, 4.69) is 15.2 Å². The lowest BCUT2D eigenvalue weighted by Crippen LogP contribution is -2.04. The minimum Gasteiger partial charge on any atom is -0.439 e. The Hall–Kier alpha value is -2.68. The van der Waals surface area contributed by atoms with E-state index in [0.29, 0.717) is 5.69 Å². The van der Waals surface area contributed by atoms with Gasteiger partial charge in [-0.1, -0.05) is 12.1 Å². The lowest BCUT2D eigenvalue weighted by Gasteiger charge is -2.09. The fourth-order valence-electron chi connectivity index (χ4n) is 1.79. The van der Waals surface area contributed by atoms with Gasteiger partial charge in [0.15, 0.2) is 0 Å². The predicted octanol–water partition coefficient (Wildman–Crippen LogP) is 4.61. The van der Waals surface area contributed by atoms with Crippen molar-refractivity contribution in [3.8, 4) is 23.2 Å². The van der Waals surface area contributed by atoms with Crippen LogP contribution in [-0.4, -0.2) is 15.2 Å². The minimum absolute atomic E-state index is 0.0207. The Labute approximate surface area is 132 Å². The third-order valence-electron chi connectivity index (χ3n) is 2.76. The summed E-state index contributed by atoms with van der Waals surface area (Å²) in [5.41, 5.74) is -0.467. The molecule has 0 aliphatic heterocycles. The van der Waals surface area contributed by atoms with Gasteiger partial charge in [0.1, 0.15) is 11.4 Å². The van der Waals surface area contributed by atoms with Gasteiger partial charge >= 0.3 is 6.18 Å². The Balaban J connectivity index is 1.88. The van der Waals surface area contributed by atoms with Gasteiger partial charge < -0.3 is 9.15 Å². The molecule has 2 aromatic heterocycles. The van der Waals surface area contributed by atoms with E-state index in [-0.39, 0.29) is 22.4 Å². The Bertz CT molecular complexity index is 889. The SMILES string of the molecule is FC(F)(F)c1cccc(Oc2cccc(-c3n[nH]c(=S)o3)n2)c1. The molecule has 0 saturated heterocycles. The zero-order valence-electron chi connectivity index (χ0n) is 11.3. The molecule has 0 amide bonds. The maximum atomic E-state index is 12.7. The first-order valence-electron chi connectivity index (χ1n) is 6.30. The molecule has 0 aliphatic rings. The standard InChI is InChI=1S/C14H8F3N3O2S/c15-14(16,17)8-3-1-4-9(7-8)21-11-6-2-5-10(18-11)12-19-20-13(23)22-12/h1-7H,(H,20,23). The van der Waals surface area contributed by atoms with Crippen molar-refractivity contribution in [2.75, 3.05) is 0 Å². The summed E-state index contributed by atoms with van der Waals surface area (Å²) in [4.78, 5) is 4.21. The number of nitrogens with one attached hydrogen (secondary N) is 1. The minimum atomic E-state index is -4.44. The molecular formula is C14H8F3N3O2S. The number of benzene rings is 1. The molecule has 3 rings (SSSR count). The van der Waals surface area contributed by atoms with Crippen LogP contribution < -0.4 is 4.74 Å². The summed E-state index contributed by atoms with van der Waals surface area (Å²) < 4.78 is 48.6. The second-order valence-corrected chi connectivity index (χ2v) is 4.78. The summed E-state index contributed by atoms with van der Waals surface area (Å²) in [6.07, 6.45) is -4.44. The summed E-state index contributed by atoms with van der Waals surface area (Å²) in [6, 6.07) is 9.24. The molecule has 2 heterocycles. The summed E-state index contributed by atoms with van der Waals surface area (Å²) in [6.45, 7) is 0. The number of halogens is 3. The molecule has 23 heavy (non-hydrogen) atoms. The number of hydrogen-bond acceptors (Lipinski definition) is 5. The molecule has 9 heteroatoms. The van der Waals surface area contributed by atoms with Crippen LogP contribution in [0.5, 0.6) is 11.6 Å². The van der Waals surface area contributed by atoms with E-state index in [9.17, 15) is 13.2 Å². The first kappa shape index (κ1) is 15.2. The van der Waals surface area contributed by atoms with Gasteiger partial charge in [0, 0.05) is 6.07 Å². The summed E-state index contributed by atoms with van der Waals surface area (Å²) in [7, 11) is 0. The summed E-state index contributed by atoms with van der Waals surface area (Å²) >= 11 is 4.77. The number of pyridine rings is 1. The molecule has 118 valence electrons. The third-order valence-corrected chi connectivity index (χ3v) is 2.94. The Morgan fingerprint density at radius 1 is 1.13 bits per heavy atom. The lowest BCUT2D eigenvalue weighted by atomic mass is 10.2. The van der Waals surface area contributed by atoms with Crippen molar-refractivity contribution < 1.29 is 22.3 Å². The van der Waals surface area contributed by atoms with Crippen molar-refractivity contribution in [3.63, 3.8) is 0 Å². The Morgan fingerprint density at radius 2 is 1.91 bits per heavy atom. The summed E-state index contributed by atoms with van der Waals surface area (Å²) in [5, 5.41) is 6.27. The van der Waals surface area contributed by atoms with E-state index in [1.165, 1.54) is 18.2 Å². The number of rotatable bonds is 3. The van der Waals surface area contributed by atoms with Crippen molar-refractivity contribution in [1.82, 2.24) is 15.2 Å². The van der Waals surface area contributed by atoms with Crippen LogP contribution in [0.1, 0.15) is 5.56 Å². The zero-order valence-corrected chi connectivity index (χ0v) is 12.1. The second-order valence-electron chi connectivity index (χ2n) is 4.41. The molecule has 1 N–H and O–H groups in total. The number of alkyl halides is 3. The first-order chi connectivity index (χ1) is 10.9. The zero-order chi connectivity index (χ0) is 16.4. The monoisotopic (exact) mass is 339 g/mol. The highest BCUT2D eigenvalue weighted by atomic mass is 32.1. The topological polar surface area (TPSA) is 63.9 Å². The largest absolute Gasteiger partial charge is 0.439 e. The van der Waals surface area contributed by atoms with Crippen LogP contribution in [0.15, 0.2) is 46.9 Å². The fourth-order valence-corrected chi connectivity index (χ4v) is 1.91. The van der Waals surface area contributed by atoms with Crippen molar-refractivity contribution in [2.24, 2.45) is 0 Å². The fraction of sp³-hybridized carbons (Fsp3) is 0.0714. The van der Waals surface area contributed by atoms with Crippen molar-refractivity contribution in [2.45, 2.75) is 6.18 Å². The smallest absolute Gasteiger partial charge is 0.416 e. The van der Waals surface area contributed by atoms with Gasteiger partial charge in [-0.15, -0.1) is 5.10 Å². The molecular weight excluding hydrogens is 331 g/mol. The number of aromatic nitrogens is 3. The second kappa shape index (κ2) is 5.84. The van der Waals surface area contributed by atoms with Gasteiger partial charge in [0.05, 0.1) is 5.56 Å². The highest BCUT2D eigenvalue weighted by Gasteiger charge is 2.30. The van der Waals surface area contributed by atoms with Crippen LogP contribution in [0.3, 0.4) is 0 Å². The summed E-state index contributed by atoms with van der Waals surface area (Å²) in [5.74, 6) is 0.280. The van der Waals surface area contributed by atoms with E-state index < -0.39 is 11.7 Å². The van der Waals surface area contributed by atoms with Gasteiger partial charge in [0.2, 0.25) is 5.88 Å². The average Bonchev–Trinajstić information content (AvgIpc) is 2.94. The van der Waals surface area contributed by atoms with Crippen LogP contribution in [0, 0.1) is 4.84 Å². The normalized spacial score (nSPS) is 11.4. The van der Waals surface area contributed by atoms with Crippen molar-refractivity contribution in [3.05, 3.63) is 52.9 Å². The average molecular weight is 339 g/mol. The molecule has 5 nitrogen and oxygen atoms in total. The molecule has 0 atom stereocenters. The van der Waals surface area contributed by atoms with Gasteiger partial charge in [0.25, 0.3) is 10.7 Å². The molecule has 0 radical (unpaired) electrons. The van der Waals surface area contributed by atoms with Crippen LogP contribution in [0.2, 0.25) is 0 Å². The van der Waals surface area contributed by atoms with E-state index in [4.69, 9.17) is 21.4 Å². The molecule has 0 unspecified atom stereocenters. The van der Waals surface area contributed by atoms with E-state index in [1.807, 2.05) is 0 Å². The number of nitrogens with zero attached hydrogens (tertiary/aromatic N) is 2. The molecule has 0 saturated carbocycles. The Kier molecular flexibility index (Phi) is 3.87. The first-order valence-corrected chi connectivity index (χ1v) is 6.71. The number of H-pyrrole nitrogens is 1. The van der Waals surface area contributed by atoms with Crippen molar-refractivity contribution >= 4 is 12.2 Å². The highest BCUT2D eigenvalue weighted by molar-refractivity contribution is 7.71. The van der Waals surface area contributed by atoms with Gasteiger partial charge in [-0.2, -0.15) is 13.2 Å². The van der Waals surface area contributed by atoms with E-state index >= 15 is 0 Å². The van der Waals surface area contributed by atoms with Gasteiger partial charge in [-0.3, -0.25) is 0 Å². The molecule has 3 aromatic rings. The number of ether oxygens (including phenoxy) is 1. The van der Waals surface area contributed by atoms with Gasteiger partial charge in [-0.05, 0) is 36.5 Å². The van der Waals surface area contributed by atoms with Crippen LogP contribution in [0.4, 0.5) is 13.2 Å². The highest BCUT2D eigenvalue weighted by Crippen LogP contribution is 2.32. The van der Waals surface area contributed by atoms with Crippen LogP contribution in [-0.2, 0) is 6.18 Å². The van der Waals surface area contributed by atoms with Crippen LogP contribution >= 0.6 is 12.2 Å².